The van der Waals surface area contributed by atoms with E-state index in [-0.39, 0.29) is 30.1 Å². The van der Waals surface area contributed by atoms with E-state index in [4.69, 9.17) is 16.3 Å². The van der Waals surface area contributed by atoms with E-state index in [0.29, 0.717) is 22.0 Å². The van der Waals surface area contributed by atoms with Crippen LogP contribution in [0.1, 0.15) is 16.8 Å². The standard InChI is InChI=1S/C20H16ClF2NO3/c1-12-6-16(27-11-14-3-4-15(22)8-18(14)23)9-20(26)24(12)19-7-13(10-25)2-5-17(19)21/h2-9,25H,10-11H2,1H3. The van der Waals surface area contributed by atoms with E-state index in [0.717, 1.165) is 12.1 Å². The van der Waals surface area contributed by atoms with E-state index in [9.17, 15) is 18.7 Å². The summed E-state index contributed by atoms with van der Waals surface area (Å²) in [6.07, 6.45) is 0. The lowest BCUT2D eigenvalue weighted by molar-refractivity contribution is 0.282. The molecule has 0 aliphatic heterocycles. The van der Waals surface area contributed by atoms with Gasteiger partial charge >= 0.3 is 0 Å². The molecule has 3 aromatic rings. The molecule has 0 amide bonds. The lowest BCUT2D eigenvalue weighted by Gasteiger charge is -2.15. The first-order valence-corrected chi connectivity index (χ1v) is 8.47. The smallest absolute Gasteiger partial charge is 0.259 e. The van der Waals surface area contributed by atoms with Gasteiger partial charge in [0.25, 0.3) is 5.56 Å². The Hall–Kier alpha value is -2.70. The minimum atomic E-state index is -0.715. The van der Waals surface area contributed by atoms with Crippen LogP contribution in [0.4, 0.5) is 8.78 Å². The van der Waals surface area contributed by atoms with E-state index in [1.807, 2.05) is 0 Å². The van der Waals surface area contributed by atoms with Crippen molar-refractivity contribution in [2.24, 2.45) is 0 Å². The highest BCUT2D eigenvalue weighted by Crippen LogP contribution is 2.24. The normalized spacial score (nSPS) is 10.9. The molecule has 140 valence electrons. The van der Waals surface area contributed by atoms with Gasteiger partial charge in [0.1, 0.15) is 24.0 Å². The molecule has 0 unspecified atom stereocenters. The molecule has 1 heterocycles. The average molecular weight is 392 g/mol. The first-order chi connectivity index (χ1) is 12.9. The Morgan fingerprint density at radius 3 is 2.56 bits per heavy atom. The molecule has 0 atom stereocenters. The quantitative estimate of drug-likeness (QED) is 0.711. The molecule has 7 heteroatoms. The molecule has 1 N–H and O–H groups in total. The number of ether oxygens (including phenoxy) is 1. The molecule has 1 aromatic heterocycles. The molecule has 0 fully saturated rings. The highest BCUT2D eigenvalue weighted by molar-refractivity contribution is 6.32. The maximum absolute atomic E-state index is 13.7. The first kappa shape index (κ1) is 19.1. The Kier molecular flexibility index (Phi) is 5.58. The predicted octanol–water partition coefficient (Wildman–Crippen LogP) is 4.15. The molecule has 3 rings (SSSR count). The monoisotopic (exact) mass is 391 g/mol. The number of halogens is 3. The van der Waals surface area contributed by atoms with Crippen LogP contribution in [0.3, 0.4) is 0 Å². The minimum Gasteiger partial charge on any atom is -0.489 e. The Balaban J connectivity index is 1.90. The van der Waals surface area contributed by atoms with Crippen LogP contribution in [-0.4, -0.2) is 9.67 Å². The fourth-order valence-corrected chi connectivity index (χ4v) is 2.89. The molecular formula is C20H16ClF2NO3. The Bertz CT molecular complexity index is 1050. The van der Waals surface area contributed by atoms with Crippen LogP contribution >= 0.6 is 11.6 Å². The van der Waals surface area contributed by atoms with Gasteiger partial charge in [0, 0.05) is 29.5 Å². The fourth-order valence-electron chi connectivity index (χ4n) is 2.69. The number of aliphatic hydroxyl groups is 1. The molecule has 0 bridgehead atoms. The van der Waals surface area contributed by atoms with Crippen molar-refractivity contribution in [3.8, 4) is 11.4 Å². The summed E-state index contributed by atoms with van der Waals surface area (Å²) in [6, 6.07) is 11.0. The molecule has 0 saturated carbocycles. The van der Waals surface area contributed by atoms with Crippen LogP contribution in [0.25, 0.3) is 5.69 Å². The van der Waals surface area contributed by atoms with Gasteiger partial charge in [0.05, 0.1) is 17.3 Å². The van der Waals surface area contributed by atoms with Crippen molar-refractivity contribution in [2.45, 2.75) is 20.1 Å². The third kappa shape index (κ3) is 4.18. The van der Waals surface area contributed by atoms with Gasteiger partial charge in [-0.15, -0.1) is 0 Å². The third-order valence-electron chi connectivity index (χ3n) is 4.03. The maximum atomic E-state index is 13.7. The predicted molar refractivity (Wildman–Crippen MR) is 98.4 cm³/mol. The number of aliphatic hydroxyl groups excluding tert-OH is 1. The highest BCUT2D eigenvalue weighted by Gasteiger charge is 2.12. The van der Waals surface area contributed by atoms with Crippen molar-refractivity contribution >= 4 is 11.6 Å². The summed E-state index contributed by atoms with van der Waals surface area (Å²) >= 11 is 6.20. The number of nitrogens with zero attached hydrogens (tertiary/aromatic N) is 1. The topological polar surface area (TPSA) is 51.5 Å². The summed E-state index contributed by atoms with van der Waals surface area (Å²) < 4.78 is 33.5. The zero-order valence-corrected chi connectivity index (χ0v) is 15.1. The van der Waals surface area contributed by atoms with Crippen LogP contribution in [0.5, 0.6) is 5.75 Å². The lowest BCUT2D eigenvalue weighted by Crippen LogP contribution is -2.20. The van der Waals surface area contributed by atoms with Crippen molar-refractivity contribution < 1.29 is 18.6 Å². The van der Waals surface area contributed by atoms with Gasteiger partial charge in [-0.2, -0.15) is 0 Å². The van der Waals surface area contributed by atoms with E-state index >= 15 is 0 Å². The molecule has 4 nitrogen and oxygen atoms in total. The number of pyridine rings is 1. The van der Waals surface area contributed by atoms with Gasteiger partial charge in [-0.1, -0.05) is 17.7 Å². The van der Waals surface area contributed by atoms with Gasteiger partial charge < -0.3 is 9.84 Å². The summed E-state index contributed by atoms with van der Waals surface area (Å²) in [7, 11) is 0. The zero-order chi connectivity index (χ0) is 19.6. The van der Waals surface area contributed by atoms with Crippen LogP contribution in [0, 0.1) is 18.6 Å². The average Bonchev–Trinajstić information content (AvgIpc) is 2.62. The van der Waals surface area contributed by atoms with Gasteiger partial charge in [-0.05, 0) is 36.8 Å². The number of hydrogen-bond donors (Lipinski definition) is 1. The van der Waals surface area contributed by atoms with Gasteiger partial charge in [-0.3, -0.25) is 9.36 Å². The van der Waals surface area contributed by atoms with E-state index in [1.165, 1.54) is 16.7 Å². The summed E-state index contributed by atoms with van der Waals surface area (Å²) in [5.74, 6) is -1.13. The number of aryl methyl sites for hydroxylation is 1. The molecular weight excluding hydrogens is 376 g/mol. The number of hydrogen-bond acceptors (Lipinski definition) is 3. The van der Waals surface area contributed by atoms with Crippen molar-refractivity contribution in [3.63, 3.8) is 0 Å². The molecule has 0 radical (unpaired) electrons. The molecule has 2 aromatic carbocycles. The minimum absolute atomic E-state index is 0.143. The number of rotatable bonds is 5. The van der Waals surface area contributed by atoms with Crippen LogP contribution < -0.4 is 10.3 Å². The molecule has 0 aliphatic carbocycles. The second-order valence-corrected chi connectivity index (χ2v) is 6.38. The summed E-state index contributed by atoms with van der Waals surface area (Å²) in [4.78, 5) is 12.6. The number of benzene rings is 2. The second kappa shape index (κ2) is 7.90. The highest BCUT2D eigenvalue weighted by atomic mass is 35.5. The van der Waals surface area contributed by atoms with Gasteiger partial charge in [0.2, 0.25) is 0 Å². The van der Waals surface area contributed by atoms with Crippen LogP contribution in [-0.2, 0) is 13.2 Å². The molecule has 27 heavy (non-hydrogen) atoms. The van der Waals surface area contributed by atoms with Crippen molar-refractivity contribution in [1.29, 1.82) is 0 Å². The van der Waals surface area contributed by atoms with Crippen molar-refractivity contribution in [2.75, 3.05) is 0 Å². The third-order valence-corrected chi connectivity index (χ3v) is 4.35. The SMILES string of the molecule is Cc1cc(OCc2ccc(F)cc2F)cc(=O)n1-c1cc(CO)ccc1Cl. The Morgan fingerprint density at radius 2 is 1.89 bits per heavy atom. The second-order valence-electron chi connectivity index (χ2n) is 5.97. The molecule has 0 aliphatic rings. The van der Waals surface area contributed by atoms with Crippen LogP contribution in [0.15, 0.2) is 53.3 Å². The van der Waals surface area contributed by atoms with Crippen molar-refractivity contribution in [3.05, 3.63) is 92.4 Å². The van der Waals surface area contributed by atoms with Gasteiger partial charge in [0.15, 0.2) is 0 Å². The van der Waals surface area contributed by atoms with Gasteiger partial charge in [-0.25, -0.2) is 8.78 Å². The maximum Gasteiger partial charge on any atom is 0.259 e. The molecule has 0 saturated heterocycles. The van der Waals surface area contributed by atoms with E-state index in [2.05, 4.69) is 0 Å². The van der Waals surface area contributed by atoms with Crippen molar-refractivity contribution in [1.82, 2.24) is 4.57 Å². The summed E-state index contributed by atoms with van der Waals surface area (Å²) in [5, 5.41) is 9.66. The lowest BCUT2D eigenvalue weighted by atomic mass is 10.2. The summed E-state index contributed by atoms with van der Waals surface area (Å²) in [5.41, 5.74) is 1.40. The Morgan fingerprint density at radius 1 is 1.11 bits per heavy atom. The first-order valence-electron chi connectivity index (χ1n) is 8.09. The zero-order valence-electron chi connectivity index (χ0n) is 14.4. The van der Waals surface area contributed by atoms with E-state index in [1.54, 1.807) is 31.2 Å². The Labute approximate surface area is 159 Å². The largest absolute Gasteiger partial charge is 0.489 e. The number of aromatic nitrogens is 1. The van der Waals surface area contributed by atoms with Crippen LogP contribution in [0.2, 0.25) is 5.02 Å². The fraction of sp³-hybridized carbons (Fsp3) is 0.150. The molecule has 0 spiro atoms. The summed E-state index contributed by atoms with van der Waals surface area (Å²) in [6.45, 7) is 1.38. The van der Waals surface area contributed by atoms with E-state index < -0.39 is 11.6 Å².